The first-order valence-electron chi connectivity index (χ1n) is 4.15. The van der Waals surface area contributed by atoms with E-state index in [1.165, 1.54) is 4.68 Å². The van der Waals surface area contributed by atoms with E-state index < -0.39 is 10.9 Å². The van der Waals surface area contributed by atoms with Gasteiger partial charge >= 0.3 is 0 Å². The quantitative estimate of drug-likeness (QED) is 0.626. The lowest BCUT2D eigenvalue weighted by Crippen LogP contribution is -2.39. The zero-order valence-electron chi connectivity index (χ0n) is 7.87. The van der Waals surface area contributed by atoms with Crippen LogP contribution in [0.4, 0.5) is 5.69 Å². The molecule has 0 radical (unpaired) electrons. The molecule has 0 atom stereocenters. The van der Waals surface area contributed by atoms with Gasteiger partial charge in [-0.3, -0.25) is 9.59 Å². The minimum absolute atomic E-state index is 0.00111. The van der Waals surface area contributed by atoms with E-state index in [1.807, 2.05) is 13.0 Å². The van der Waals surface area contributed by atoms with Gasteiger partial charge in [-0.15, -0.1) is 0 Å². The third kappa shape index (κ3) is 0.921. The first-order valence-corrected chi connectivity index (χ1v) is 4.15. The van der Waals surface area contributed by atoms with Crippen LogP contribution in [0.1, 0.15) is 11.4 Å². The molecule has 1 heterocycles. The zero-order chi connectivity index (χ0) is 10.5. The Bertz CT molecular complexity index is 573. The second kappa shape index (κ2) is 2.54. The van der Waals surface area contributed by atoms with Crippen molar-refractivity contribution >= 4 is 5.69 Å². The molecule has 0 unspecified atom stereocenters. The Morgan fingerprint density at radius 1 is 1.29 bits per heavy atom. The van der Waals surface area contributed by atoms with Crippen LogP contribution in [0, 0.1) is 13.8 Å². The van der Waals surface area contributed by atoms with E-state index in [-0.39, 0.29) is 11.4 Å². The van der Waals surface area contributed by atoms with Gasteiger partial charge in [0.25, 0.3) is 10.9 Å². The number of nitrogens with zero attached hydrogens (tertiary/aromatic N) is 2. The molecule has 0 spiro atoms. The average molecular weight is 191 g/mol. The minimum atomic E-state index is -0.618. The standard InChI is InChI=1S/C9H9N3O2/c1-4-3-5(2)12(11-4)7-6(10)8(13)9(7)14/h3H,10H2,1-2H3. The molecule has 0 aliphatic carbocycles. The van der Waals surface area contributed by atoms with E-state index in [1.54, 1.807) is 6.92 Å². The topological polar surface area (TPSA) is 78.0 Å². The highest BCUT2D eigenvalue weighted by atomic mass is 16.2. The number of hydrogen-bond acceptors (Lipinski definition) is 4. The van der Waals surface area contributed by atoms with Crippen LogP contribution in [0.25, 0.3) is 5.69 Å². The molecule has 5 heteroatoms. The molecule has 0 amide bonds. The second-order valence-electron chi connectivity index (χ2n) is 3.26. The number of anilines is 1. The fraction of sp³-hybridized carbons (Fsp3) is 0.222. The molecule has 2 rings (SSSR count). The molecule has 0 saturated heterocycles. The van der Waals surface area contributed by atoms with Gasteiger partial charge in [-0.1, -0.05) is 0 Å². The van der Waals surface area contributed by atoms with Crippen molar-refractivity contribution < 1.29 is 0 Å². The third-order valence-corrected chi connectivity index (χ3v) is 2.14. The molecule has 2 aromatic rings. The lowest BCUT2D eigenvalue weighted by Gasteiger charge is -2.07. The largest absolute Gasteiger partial charge is 0.394 e. The maximum absolute atomic E-state index is 11.2. The number of rotatable bonds is 1. The molecule has 0 aliphatic heterocycles. The molecule has 1 aromatic heterocycles. The van der Waals surface area contributed by atoms with Crippen molar-refractivity contribution in [3.63, 3.8) is 0 Å². The predicted octanol–water partition coefficient (Wildman–Crippen LogP) is -0.333. The van der Waals surface area contributed by atoms with Gasteiger partial charge in [0.1, 0.15) is 11.4 Å². The summed E-state index contributed by atoms with van der Waals surface area (Å²) in [6, 6.07) is 1.82. The molecule has 0 fully saturated rings. The number of nitrogens with two attached hydrogens (primary N) is 1. The highest BCUT2D eigenvalue weighted by Gasteiger charge is 2.21. The molecule has 0 saturated carbocycles. The number of aromatic nitrogens is 2. The number of nitrogen functional groups attached to an aromatic ring is 1. The summed E-state index contributed by atoms with van der Waals surface area (Å²) in [6.07, 6.45) is 0. The Labute approximate surface area is 79.5 Å². The maximum atomic E-state index is 11.2. The van der Waals surface area contributed by atoms with Crippen molar-refractivity contribution in [2.45, 2.75) is 13.8 Å². The van der Waals surface area contributed by atoms with E-state index >= 15 is 0 Å². The third-order valence-electron chi connectivity index (χ3n) is 2.14. The van der Waals surface area contributed by atoms with E-state index in [9.17, 15) is 9.59 Å². The Morgan fingerprint density at radius 2 is 1.93 bits per heavy atom. The summed E-state index contributed by atoms with van der Waals surface area (Å²) >= 11 is 0. The summed E-state index contributed by atoms with van der Waals surface area (Å²) in [6.45, 7) is 3.61. The normalized spacial score (nSPS) is 11.0. The second-order valence-corrected chi connectivity index (χ2v) is 3.26. The zero-order valence-corrected chi connectivity index (χ0v) is 7.87. The van der Waals surface area contributed by atoms with Crippen LogP contribution in [-0.4, -0.2) is 9.78 Å². The number of hydrogen-bond donors (Lipinski definition) is 1. The highest BCUT2D eigenvalue weighted by molar-refractivity contribution is 5.63. The van der Waals surface area contributed by atoms with Gasteiger partial charge in [-0.05, 0) is 19.9 Å². The van der Waals surface area contributed by atoms with E-state index in [0.717, 1.165) is 11.4 Å². The molecule has 1 aromatic carbocycles. The van der Waals surface area contributed by atoms with Crippen LogP contribution in [0.3, 0.4) is 0 Å². The van der Waals surface area contributed by atoms with Crippen molar-refractivity contribution in [2.24, 2.45) is 0 Å². The van der Waals surface area contributed by atoms with Gasteiger partial charge in [0, 0.05) is 5.69 Å². The van der Waals surface area contributed by atoms with E-state index in [0.29, 0.717) is 0 Å². The van der Waals surface area contributed by atoms with E-state index in [2.05, 4.69) is 5.10 Å². The fourth-order valence-corrected chi connectivity index (χ4v) is 1.46. The fourth-order valence-electron chi connectivity index (χ4n) is 1.46. The van der Waals surface area contributed by atoms with Gasteiger partial charge in [-0.25, -0.2) is 4.68 Å². The van der Waals surface area contributed by atoms with Gasteiger partial charge < -0.3 is 5.73 Å². The van der Waals surface area contributed by atoms with Gasteiger partial charge in [0.15, 0.2) is 0 Å². The average Bonchev–Trinajstić information content (AvgIpc) is 2.45. The van der Waals surface area contributed by atoms with Crippen molar-refractivity contribution in [1.29, 1.82) is 0 Å². The molecule has 0 aliphatic rings. The van der Waals surface area contributed by atoms with Crippen molar-refractivity contribution in [3.8, 4) is 5.69 Å². The SMILES string of the molecule is Cc1cc(C)n(-c2c(N)c(=O)c2=O)n1. The van der Waals surface area contributed by atoms with Gasteiger partial charge in [0.2, 0.25) is 0 Å². The molecule has 0 bridgehead atoms. The van der Waals surface area contributed by atoms with Crippen molar-refractivity contribution in [1.82, 2.24) is 9.78 Å². The van der Waals surface area contributed by atoms with Crippen molar-refractivity contribution in [2.75, 3.05) is 5.73 Å². The molecular formula is C9H9N3O2. The molecule has 72 valence electrons. The smallest absolute Gasteiger partial charge is 0.255 e. The Kier molecular flexibility index (Phi) is 1.57. The van der Waals surface area contributed by atoms with Gasteiger partial charge in [-0.2, -0.15) is 5.10 Å². The lowest BCUT2D eigenvalue weighted by molar-refractivity contribution is 0.821. The monoisotopic (exact) mass is 191 g/mol. The van der Waals surface area contributed by atoms with E-state index in [4.69, 9.17) is 5.73 Å². The molecule has 5 nitrogen and oxygen atoms in total. The van der Waals surface area contributed by atoms with Crippen LogP contribution >= 0.6 is 0 Å². The summed E-state index contributed by atoms with van der Waals surface area (Å²) in [5.41, 5.74) is 6.01. The Morgan fingerprint density at radius 3 is 2.36 bits per heavy atom. The lowest BCUT2D eigenvalue weighted by atomic mass is 10.2. The Balaban J connectivity index is 2.68. The Hall–Kier alpha value is -1.91. The summed E-state index contributed by atoms with van der Waals surface area (Å²) < 4.78 is 1.41. The predicted molar refractivity (Wildman–Crippen MR) is 52.4 cm³/mol. The summed E-state index contributed by atoms with van der Waals surface area (Å²) in [7, 11) is 0. The van der Waals surface area contributed by atoms with Crippen LogP contribution in [0.2, 0.25) is 0 Å². The van der Waals surface area contributed by atoms with Crippen LogP contribution in [0.5, 0.6) is 0 Å². The maximum Gasteiger partial charge on any atom is 0.255 e. The molecule has 2 N–H and O–H groups in total. The number of aryl methyl sites for hydroxylation is 2. The highest BCUT2D eigenvalue weighted by Crippen LogP contribution is 2.12. The summed E-state index contributed by atoms with van der Waals surface area (Å²) in [5.74, 6) is 0. The molecular weight excluding hydrogens is 182 g/mol. The molecule has 14 heavy (non-hydrogen) atoms. The summed E-state index contributed by atoms with van der Waals surface area (Å²) in [4.78, 5) is 22.1. The van der Waals surface area contributed by atoms with Crippen molar-refractivity contribution in [3.05, 3.63) is 37.9 Å². The summed E-state index contributed by atoms with van der Waals surface area (Å²) in [5, 5.41) is 4.07. The van der Waals surface area contributed by atoms with Crippen LogP contribution in [0.15, 0.2) is 15.7 Å². The van der Waals surface area contributed by atoms with Crippen LogP contribution in [-0.2, 0) is 0 Å². The van der Waals surface area contributed by atoms with Crippen LogP contribution < -0.4 is 16.6 Å². The van der Waals surface area contributed by atoms with Gasteiger partial charge in [0.05, 0.1) is 5.69 Å². The minimum Gasteiger partial charge on any atom is -0.394 e. The first kappa shape index (κ1) is 8.68. The first-order chi connectivity index (χ1) is 6.52.